The van der Waals surface area contributed by atoms with Crippen molar-refractivity contribution >= 4 is 112 Å². The summed E-state index contributed by atoms with van der Waals surface area (Å²) in [6.45, 7) is 0.295. The number of anilines is 1. The largest absolute Gasteiger partial charge is 1.00 e. The Morgan fingerprint density at radius 2 is 1.18 bits per heavy atom. The second kappa shape index (κ2) is 28.6. The molecular weight excluding hydrogens is 1070 g/mol. The molecule has 65 heavy (non-hydrogen) atoms. The van der Waals surface area contributed by atoms with E-state index in [0.717, 1.165) is 42.5 Å². The van der Waals surface area contributed by atoms with Gasteiger partial charge in [0.15, 0.2) is 25.4 Å². The third-order valence-corrected chi connectivity index (χ3v) is 13.2. The maximum atomic E-state index is 12.4. The Morgan fingerprint density at radius 1 is 0.677 bits per heavy atom. The van der Waals surface area contributed by atoms with Crippen molar-refractivity contribution in [2.45, 2.75) is 31.4 Å². The Labute approximate surface area is 485 Å². The SMILES string of the molecule is CCS(=O)(=O)c1ccc(N=Nc2c(SOO[O-])cc3cc(S(=O)(=O)[O-])c(N=Nc4ccc(S(=O)(=O)CCOS(=O)(=O)[O-])cc4)c(N)c3c2O)c(S(=O)(=O)[O-])c1.O=S(=O)([O-])O.[Na+].[Na+].[Na+].[Na+].[Na+]. The summed E-state index contributed by atoms with van der Waals surface area (Å²) < 4.78 is 195. The average molecular weight is 1100 g/mol. The molecule has 330 valence electrons. The third kappa shape index (κ3) is 21.5. The molecule has 4 rings (SSSR count). The Kier molecular flexibility index (Phi) is 30.8. The first-order valence-electron chi connectivity index (χ1n) is 14.9. The van der Waals surface area contributed by atoms with Crippen LogP contribution in [0.3, 0.4) is 0 Å². The van der Waals surface area contributed by atoms with Gasteiger partial charge >= 0.3 is 148 Å². The first-order chi connectivity index (χ1) is 27.4. The number of nitrogen functional groups attached to an aromatic ring is 1. The fourth-order valence-corrected chi connectivity index (χ4v) is 8.70. The Balaban J connectivity index is -0.00000364. The zero-order valence-corrected chi connectivity index (χ0v) is 49.8. The van der Waals surface area contributed by atoms with Crippen molar-refractivity contribution in [1.82, 2.24) is 0 Å². The fourth-order valence-electron chi connectivity index (χ4n) is 4.45. The van der Waals surface area contributed by atoms with Gasteiger partial charge in [0.1, 0.15) is 37.3 Å². The number of phenols is 1. The van der Waals surface area contributed by atoms with E-state index in [9.17, 15) is 66.1 Å². The van der Waals surface area contributed by atoms with E-state index in [1.165, 1.54) is 6.92 Å². The van der Waals surface area contributed by atoms with Gasteiger partial charge in [0.2, 0.25) is 20.8 Å². The first-order valence-corrected chi connectivity index (χ1v) is 24.4. The predicted octanol–water partition coefficient (Wildman–Crippen LogP) is -13.9. The smallest absolute Gasteiger partial charge is 0.744 e. The maximum Gasteiger partial charge on any atom is 1.00 e. The van der Waals surface area contributed by atoms with Gasteiger partial charge in [-0.2, -0.15) is 9.45 Å². The first kappa shape index (κ1) is 69.9. The molecule has 4 aromatic carbocycles. The summed E-state index contributed by atoms with van der Waals surface area (Å²) in [6, 6.07) is 8.06. The van der Waals surface area contributed by atoms with Crippen molar-refractivity contribution in [1.29, 1.82) is 0 Å². The summed E-state index contributed by atoms with van der Waals surface area (Å²) in [7, 11) is -29.1. The standard InChI is InChI=1S/C26H25N5O18S6.5Na.H2O4S/c1-2-51(34,35)17-7-8-18(20(13-17)53(38,39)40)29-30-24-19(50-49-48-33)11-14-12-21(54(41,42)43)25(23(27)22(14)26(24)32)31-28-15-3-5-16(6-4-15)52(36,37)10-9-47-55(44,45)46;;;;;;1-5(2,3)4/h3-8,11-13,32-33H,2,9-10,27H2,1H3,(H,38,39,40)(H,41,42,43)(H,44,45,46);;;;;;(H2,1,2,3,4)/q;5*+1;/p-5. The van der Waals surface area contributed by atoms with E-state index in [2.05, 4.69) is 34.0 Å². The van der Waals surface area contributed by atoms with Gasteiger partial charge in [-0.3, -0.25) is 13.8 Å². The van der Waals surface area contributed by atoms with Gasteiger partial charge in [0, 0.05) is 0 Å². The van der Waals surface area contributed by atoms with Crippen LogP contribution >= 0.6 is 12.0 Å². The number of azo groups is 2. The summed E-state index contributed by atoms with van der Waals surface area (Å²) in [5, 5.41) is 39.3. The number of nitrogens with zero attached hydrogens (tertiary/aromatic N) is 4. The molecule has 4 N–H and O–H groups in total. The van der Waals surface area contributed by atoms with Crippen molar-refractivity contribution in [3.05, 3.63) is 54.6 Å². The summed E-state index contributed by atoms with van der Waals surface area (Å²) in [5.41, 5.74) is 3.05. The van der Waals surface area contributed by atoms with Crippen molar-refractivity contribution in [2.75, 3.05) is 23.8 Å². The Bertz CT molecular complexity index is 3050. The van der Waals surface area contributed by atoms with Crippen molar-refractivity contribution in [3.8, 4) is 5.75 Å². The Morgan fingerprint density at radius 3 is 1.66 bits per heavy atom. The number of hydrogen-bond acceptors (Lipinski definition) is 27. The summed E-state index contributed by atoms with van der Waals surface area (Å²) in [5.74, 6) is -2.33. The van der Waals surface area contributed by atoms with Crippen LogP contribution in [0.1, 0.15) is 6.92 Å². The molecule has 0 fully saturated rings. The molecule has 0 saturated heterocycles. The minimum Gasteiger partial charge on any atom is -0.744 e. The van der Waals surface area contributed by atoms with Crippen LogP contribution in [0.2, 0.25) is 0 Å². The quantitative estimate of drug-likeness (QED) is 0.0137. The number of hydrogen-bond donors (Lipinski definition) is 3. The monoisotopic (exact) mass is 1090 g/mol. The number of fused-ring (bicyclic) bond motifs is 1. The van der Waals surface area contributed by atoms with Crippen molar-refractivity contribution in [2.24, 2.45) is 20.5 Å². The zero-order valence-electron chi connectivity index (χ0n) is 34.1. The third-order valence-electron chi connectivity index (χ3n) is 6.97. The zero-order chi connectivity index (χ0) is 45.6. The minimum atomic E-state index is -5.44. The molecule has 0 spiro atoms. The van der Waals surface area contributed by atoms with E-state index in [1.54, 1.807) is 0 Å². The van der Waals surface area contributed by atoms with Crippen LogP contribution in [0, 0.1) is 0 Å². The number of phenolic OH excluding ortho intramolecular Hbond substituents is 1. The molecule has 0 saturated carbocycles. The van der Waals surface area contributed by atoms with Gasteiger partial charge in [-0.1, -0.05) is 6.92 Å². The van der Waals surface area contributed by atoms with Gasteiger partial charge in [-0.25, -0.2) is 50.5 Å². The van der Waals surface area contributed by atoms with Crippen LogP contribution in [0.25, 0.3) is 10.8 Å². The van der Waals surface area contributed by atoms with Crippen LogP contribution in [-0.4, -0.2) is 96.5 Å². The summed E-state index contributed by atoms with van der Waals surface area (Å²) >= 11 is 0.0602. The molecule has 27 nitrogen and oxygen atoms in total. The molecule has 0 bridgehead atoms. The van der Waals surface area contributed by atoms with Gasteiger partial charge in [-0.15, -0.1) is 15.3 Å². The molecule has 0 atom stereocenters. The van der Waals surface area contributed by atoms with Crippen LogP contribution in [0.15, 0.2) is 99.5 Å². The average Bonchev–Trinajstić information content (AvgIpc) is 3.11. The molecule has 0 aliphatic carbocycles. The van der Waals surface area contributed by atoms with Crippen molar-refractivity contribution < 1.29 is 245 Å². The summed E-state index contributed by atoms with van der Waals surface area (Å²) in [6.07, 6.45) is 0. The number of rotatable bonds is 16. The van der Waals surface area contributed by atoms with E-state index in [1.807, 2.05) is 0 Å². The van der Waals surface area contributed by atoms with Crippen LogP contribution in [0.5, 0.6) is 5.75 Å². The molecule has 0 unspecified atom stereocenters. The van der Waals surface area contributed by atoms with E-state index < -0.39 is 132 Å². The Hall–Kier alpha value is 0.630. The molecule has 0 aromatic heterocycles. The number of benzene rings is 4. The van der Waals surface area contributed by atoms with Gasteiger partial charge in [-0.05, 0) is 60.0 Å². The molecule has 0 heterocycles. The van der Waals surface area contributed by atoms with Gasteiger partial charge < -0.3 is 34.3 Å². The van der Waals surface area contributed by atoms with E-state index in [0.29, 0.717) is 12.1 Å². The van der Waals surface area contributed by atoms with E-state index >= 15 is 0 Å². The van der Waals surface area contributed by atoms with Gasteiger partial charge in [0.25, 0.3) is 0 Å². The second-order valence-corrected chi connectivity index (χ2v) is 20.6. The maximum absolute atomic E-state index is 12.4. The van der Waals surface area contributed by atoms with Gasteiger partial charge in [0.05, 0.1) is 71.4 Å². The number of nitrogens with two attached hydrogens (primary N) is 1. The molecule has 0 amide bonds. The van der Waals surface area contributed by atoms with E-state index in [-0.39, 0.29) is 176 Å². The molecular formula is C26H22N5Na5O22S7. The van der Waals surface area contributed by atoms with E-state index in [4.69, 9.17) is 23.3 Å². The van der Waals surface area contributed by atoms with Crippen molar-refractivity contribution in [3.63, 3.8) is 0 Å². The minimum absolute atomic E-state index is 0. The molecule has 39 heteroatoms. The topological polar surface area (TPSA) is 464 Å². The molecule has 0 aliphatic heterocycles. The summed E-state index contributed by atoms with van der Waals surface area (Å²) in [4.78, 5) is -3.52. The van der Waals surface area contributed by atoms with Crippen LogP contribution in [-0.2, 0) is 74.3 Å². The predicted molar refractivity (Wildman–Crippen MR) is 193 cm³/mol. The molecule has 4 aromatic rings. The number of aromatic hydroxyl groups is 1. The van der Waals surface area contributed by atoms with Crippen LogP contribution in [0.4, 0.5) is 28.4 Å². The fraction of sp³-hybridized carbons (Fsp3) is 0.154. The number of sulfone groups is 2. The second-order valence-electron chi connectivity index (χ2n) is 10.8. The molecule has 0 radical (unpaired) electrons. The van der Waals surface area contributed by atoms with Crippen LogP contribution < -0.4 is 159 Å². The normalized spacial score (nSPS) is 12.2. The molecule has 0 aliphatic rings.